The molecule has 0 spiro atoms. The molecule has 22 heavy (non-hydrogen) atoms. The Labute approximate surface area is 129 Å². The van der Waals surface area contributed by atoms with E-state index in [4.69, 9.17) is 5.11 Å². The number of benzene rings is 2. The highest BCUT2D eigenvalue weighted by Gasteiger charge is 2.15. The van der Waals surface area contributed by atoms with Crippen LogP contribution in [0.25, 0.3) is 26.6 Å². The van der Waals surface area contributed by atoms with Gasteiger partial charge in [-0.3, -0.25) is 4.40 Å². The fourth-order valence-electron chi connectivity index (χ4n) is 2.52. The van der Waals surface area contributed by atoms with Crippen molar-refractivity contribution in [3.8, 4) is 11.4 Å². The van der Waals surface area contributed by atoms with Crippen molar-refractivity contribution in [1.82, 2.24) is 14.6 Å². The first kappa shape index (κ1) is 13.0. The molecule has 0 saturated carbocycles. The maximum absolute atomic E-state index is 11.1. The van der Waals surface area contributed by atoms with Gasteiger partial charge in [-0.2, -0.15) is 0 Å². The second-order valence-corrected chi connectivity index (χ2v) is 6.11. The fraction of sp³-hybridized carbons (Fsp3) is 0.0625. The molecule has 2 aromatic heterocycles. The number of fused-ring (bicyclic) bond motifs is 3. The van der Waals surface area contributed by atoms with Crippen molar-refractivity contribution in [3.05, 3.63) is 53.6 Å². The van der Waals surface area contributed by atoms with Crippen molar-refractivity contribution in [3.63, 3.8) is 0 Å². The van der Waals surface area contributed by atoms with Gasteiger partial charge in [0.2, 0.25) is 4.96 Å². The van der Waals surface area contributed by atoms with Crippen LogP contribution in [0, 0.1) is 6.92 Å². The van der Waals surface area contributed by atoms with Crippen molar-refractivity contribution >= 4 is 32.5 Å². The SMILES string of the molecule is Cc1ccc2c(c1)sc1nnc(-c3cccc(C(=O)O)c3)n12. The number of aromatic nitrogens is 3. The van der Waals surface area contributed by atoms with Gasteiger partial charge in [-0.15, -0.1) is 10.2 Å². The van der Waals surface area contributed by atoms with Gasteiger partial charge in [0.25, 0.3) is 0 Å². The first-order chi connectivity index (χ1) is 10.6. The van der Waals surface area contributed by atoms with Gasteiger partial charge in [-0.1, -0.05) is 29.5 Å². The lowest BCUT2D eigenvalue weighted by molar-refractivity contribution is 0.0697. The minimum Gasteiger partial charge on any atom is -0.478 e. The van der Waals surface area contributed by atoms with Gasteiger partial charge in [-0.05, 0) is 36.8 Å². The average Bonchev–Trinajstić information content (AvgIpc) is 3.05. The zero-order valence-corrected chi connectivity index (χ0v) is 12.5. The molecule has 0 fully saturated rings. The predicted octanol–water partition coefficient (Wildman–Crippen LogP) is 3.62. The van der Waals surface area contributed by atoms with E-state index in [0.29, 0.717) is 5.82 Å². The summed E-state index contributed by atoms with van der Waals surface area (Å²) in [6.45, 7) is 2.05. The molecule has 2 heterocycles. The molecular formula is C16H11N3O2S. The van der Waals surface area contributed by atoms with E-state index >= 15 is 0 Å². The normalized spacial score (nSPS) is 11.3. The number of carboxylic acids is 1. The van der Waals surface area contributed by atoms with Crippen LogP contribution < -0.4 is 0 Å². The number of rotatable bonds is 2. The number of hydrogen-bond donors (Lipinski definition) is 1. The third-order valence-electron chi connectivity index (χ3n) is 3.56. The predicted molar refractivity (Wildman–Crippen MR) is 85.5 cm³/mol. The van der Waals surface area contributed by atoms with Crippen LogP contribution in [-0.4, -0.2) is 25.7 Å². The molecule has 108 valence electrons. The molecular weight excluding hydrogens is 298 g/mol. The molecule has 2 aromatic carbocycles. The van der Waals surface area contributed by atoms with Gasteiger partial charge >= 0.3 is 5.97 Å². The zero-order chi connectivity index (χ0) is 15.3. The van der Waals surface area contributed by atoms with Crippen LogP contribution in [0.5, 0.6) is 0 Å². The van der Waals surface area contributed by atoms with Gasteiger partial charge in [0.15, 0.2) is 5.82 Å². The Morgan fingerprint density at radius 2 is 2.05 bits per heavy atom. The number of aryl methyl sites for hydroxylation is 1. The Hall–Kier alpha value is -2.73. The third-order valence-corrected chi connectivity index (χ3v) is 4.55. The first-order valence-corrected chi connectivity index (χ1v) is 7.53. The molecule has 4 rings (SSSR count). The Morgan fingerprint density at radius 1 is 1.18 bits per heavy atom. The van der Waals surface area contributed by atoms with Crippen molar-refractivity contribution in [2.24, 2.45) is 0 Å². The molecule has 0 saturated heterocycles. The zero-order valence-electron chi connectivity index (χ0n) is 11.6. The summed E-state index contributed by atoms with van der Waals surface area (Å²) in [7, 11) is 0. The molecule has 0 unspecified atom stereocenters. The number of thiazole rings is 1. The van der Waals surface area contributed by atoms with Crippen LogP contribution in [0.3, 0.4) is 0 Å². The van der Waals surface area contributed by atoms with Crippen LogP contribution in [-0.2, 0) is 0 Å². The minimum absolute atomic E-state index is 0.240. The molecule has 4 aromatic rings. The summed E-state index contributed by atoms with van der Waals surface area (Å²) in [5, 5.41) is 17.6. The lowest BCUT2D eigenvalue weighted by Crippen LogP contribution is -1.97. The van der Waals surface area contributed by atoms with Gasteiger partial charge in [-0.25, -0.2) is 4.79 Å². The van der Waals surface area contributed by atoms with E-state index in [-0.39, 0.29) is 5.56 Å². The summed E-state index contributed by atoms with van der Waals surface area (Å²) in [4.78, 5) is 11.9. The number of hydrogen-bond acceptors (Lipinski definition) is 4. The topological polar surface area (TPSA) is 67.5 Å². The Morgan fingerprint density at radius 3 is 2.86 bits per heavy atom. The third kappa shape index (κ3) is 1.88. The van der Waals surface area contributed by atoms with E-state index in [2.05, 4.69) is 23.2 Å². The van der Waals surface area contributed by atoms with E-state index in [1.165, 1.54) is 5.56 Å². The highest BCUT2D eigenvalue weighted by Crippen LogP contribution is 2.30. The minimum atomic E-state index is -0.951. The Balaban J connectivity index is 2.01. The van der Waals surface area contributed by atoms with Crippen molar-refractivity contribution in [2.75, 3.05) is 0 Å². The molecule has 0 aliphatic carbocycles. The molecule has 0 atom stereocenters. The van der Waals surface area contributed by atoms with E-state index in [1.54, 1.807) is 29.5 Å². The average molecular weight is 309 g/mol. The molecule has 5 nitrogen and oxygen atoms in total. The van der Waals surface area contributed by atoms with Crippen LogP contribution in [0.1, 0.15) is 15.9 Å². The van der Waals surface area contributed by atoms with Crippen LogP contribution in [0.2, 0.25) is 0 Å². The van der Waals surface area contributed by atoms with Crippen LogP contribution in [0.15, 0.2) is 42.5 Å². The summed E-state index contributed by atoms with van der Waals surface area (Å²) >= 11 is 1.57. The van der Waals surface area contributed by atoms with Gasteiger partial charge in [0.05, 0.1) is 15.8 Å². The number of carbonyl (C=O) groups is 1. The largest absolute Gasteiger partial charge is 0.478 e. The summed E-state index contributed by atoms with van der Waals surface area (Å²) in [5.41, 5.74) is 3.21. The maximum atomic E-state index is 11.1. The van der Waals surface area contributed by atoms with Crippen molar-refractivity contribution in [1.29, 1.82) is 0 Å². The lowest BCUT2D eigenvalue weighted by atomic mass is 10.1. The monoisotopic (exact) mass is 309 g/mol. The lowest BCUT2D eigenvalue weighted by Gasteiger charge is -2.01. The molecule has 1 N–H and O–H groups in total. The molecule has 0 aliphatic heterocycles. The second-order valence-electron chi connectivity index (χ2n) is 5.10. The van der Waals surface area contributed by atoms with E-state index in [0.717, 1.165) is 20.7 Å². The molecule has 0 radical (unpaired) electrons. The number of carboxylic acid groups (broad SMARTS) is 1. The summed E-state index contributed by atoms with van der Waals surface area (Å²) < 4.78 is 3.11. The Kier molecular flexibility index (Phi) is 2.74. The van der Waals surface area contributed by atoms with E-state index < -0.39 is 5.97 Å². The number of aromatic carboxylic acids is 1. The van der Waals surface area contributed by atoms with Gasteiger partial charge < -0.3 is 5.11 Å². The van der Waals surface area contributed by atoms with Crippen molar-refractivity contribution < 1.29 is 9.90 Å². The summed E-state index contributed by atoms with van der Waals surface area (Å²) in [6.07, 6.45) is 0. The van der Waals surface area contributed by atoms with Crippen molar-refractivity contribution in [2.45, 2.75) is 6.92 Å². The molecule has 0 amide bonds. The highest BCUT2D eigenvalue weighted by molar-refractivity contribution is 7.23. The number of nitrogens with zero attached hydrogens (tertiary/aromatic N) is 3. The van der Waals surface area contributed by atoms with E-state index in [1.807, 2.05) is 22.6 Å². The van der Waals surface area contributed by atoms with Crippen LogP contribution >= 0.6 is 11.3 Å². The molecule has 0 aliphatic rings. The first-order valence-electron chi connectivity index (χ1n) is 6.71. The fourth-order valence-corrected chi connectivity index (χ4v) is 3.58. The maximum Gasteiger partial charge on any atom is 0.335 e. The Bertz CT molecular complexity index is 1030. The van der Waals surface area contributed by atoms with Gasteiger partial charge in [0, 0.05) is 5.56 Å². The summed E-state index contributed by atoms with van der Waals surface area (Å²) in [5.74, 6) is -0.290. The second kappa shape index (κ2) is 4.64. The molecule has 0 bridgehead atoms. The highest BCUT2D eigenvalue weighted by atomic mass is 32.1. The quantitative estimate of drug-likeness (QED) is 0.614. The standard InChI is InChI=1S/C16H11N3O2S/c1-9-5-6-12-13(7-9)22-16-18-17-14(19(12)16)10-3-2-4-11(8-10)15(20)21/h2-8H,1H3,(H,20,21). The smallest absolute Gasteiger partial charge is 0.335 e. The van der Waals surface area contributed by atoms with E-state index in [9.17, 15) is 4.79 Å². The summed E-state index contributed by atoms with van der Waals surface area (Å²) in [6, 6.07) is 13.0. The van der Waals surface area contributed by atoms with Gasteiger partial charge in [0.1, 0.15) is 0 Å². The van der Waals surface area contributed by atoms with Crippen LogP contribution in [0.4, 0.5) is 0 Å². The molecule has 6 heteroatoms.